The van der Waals surface area contributed by atoms with E-state index in [1.165, 1.54) is 0 Å². The molecule has 114 valence electrons. The maximum Gasteiger partial charge on any atom is 0.269 e. The summed E-state index contributed by atoms with van der Waals surface area (Å²) in [6, 6.07) is 0. The number of oxime groups is 1. The Hall–Kier alpha value is -1.18. The van der Waals surface area contributed by atoms with E-state index in [0.29, 0.717) is 25.2 Å². The molecule has 0 aliphatic carbocycles. The van der Waals surface area contributed by atoms with Crippen molar-refractivity contribution in [3.8, 4) is 0 Å². The Morgan fingerprint density at radius 2 is 2.40 bits per heavy atom. The van der Waals surface area contributed by atoms with E-state index in [0.717, 1.165) is 26.2 Å². The summed E-state index contributed by atoms with van der Waals surface area (Å²) in [5, 5.41) is 6.64. The van der Waals surface area contributed by atoms with Crippen molar-refractivity contribution in [1.82, 2.24) is 10.2 Å². The van der Waals surface area contributed by atoms with Gasteiger partial charge in [0.05, 0.1) is 12.2 Å². The topological polar surface area (TPSA) is 89.2 Å². The number of rotatable bonds is 5. The summed E-state index contributed by atoms with van der Waals surface area (Å²) < 4.78 is 5.65. The number of carbonyl (C=O) groups excluding carboxylic acids is 1. The van der Waals surface area contributed by atoms with Gasteiger partial charge in [-0.1, -0.05) is 5.16 Å². The van der Waals surface area contributed by atoms with Crippen LogP contribution < -0.4 is 11.1 Å². The van der Waals surface area contributed by atoms with Gasteiger partial charge in [0.15, 0.2) is 0 Å². The van der Waals surface area contributed by atoms with Crippen LogP contribution >= 0.6 is 0 Å². The average molecular weight is 284 g/mol. The second-order valence-electron chi connectivity index (χ2n) is 5.85. The maximum atomic E-state index is 11.9. The van der Waals surface area contributed by atoms with Crippen molar-refractivity contribution < 1.29 is 14.4 Å². The molecule has 20 heavy (non-hydrogen) atoms. The molecule has 2 aliphatic heterocycles. The van der Waals surface area contributed by atoms with Crippen LogP contribution in [0.3, 0.4) is 0 Å². The molecule has 2 rings (SSSR count). The molecule has 1 saturated heterocycles. The van der Waals surface area contributed by atoms with Crippen molar-refractivity contribution in [2.24, 2.45) is 10.9 Å². The number of nitrogens with two attached hydrogens (primary N) is 1. The van der Waals surface area contributed by atoms with Gasteiger partial charge >= 0.3 is 0 Å². The second kappa shape index (κ2) is 6.51. The number of nitrogens with one attached hydrogen (secondary N) is 1. The van der Waals surface area contributed by atoms with Crippen molar-refractivity contribution >= 4 is 11.6 Å². The smallest absolute Gasteiger partial charge is 0.269 e. The molecule has 0 radical (unpaired) electrons. The summed E-state index contributed by atoms with van der Waals surface area (Å²) in [6.07, 6.45) is 0.336. The van der Waals surface area contributed by atoms with Crippen LogP contribution in [0.25, 0.3) is 0 Å². The van der Waals surface area contributed by atoms with Crippen molar-refractivity contribution in [2.75, 3.05) is 39.3 Å². The molecule has 2 aliphatic rings. The lowest BCUT2D eigenvalue weighted by Gasteiger charge is -2.38. The summed E-state index contributed by atoms with van der Waals surface area (Å²) in [7, 11) is 0. The van der Waals surface area contributed by atoms with E-state index in [2.05, 4.69) is 29.2 Å². The minimum atomic E-state index is -0.159. The Balaban J connectivity index is 1.67. The highest BCUT2D eigenvalue weighted by Gasteiger charge is 2.27. The van der Waals surface area contributed by atoms with Gasteiger partial charge in [0.25, 0.3) is 5.91 Å². The number of hydrogen-bond acceptors (Lipinski definition) is 6. The molecule has 0 aromatic rings. The molecule has 0 bridgehead atoms. The van der Waals surface area contributed by atoms with Crippen molar-refractivity contribution in [1.29, 1.82) is 0 Å². The molecule has 1 fully saturated rings. The first kappa shape index (κ1) is 15.2. The summed E-state index contributed by atoms with van der Waals surface area (Å²) in [4.78, 5) is 19.2. The van der Waals surface area contributed by atoms with Gasteiger partial charge in [0.2, 0.25) is 0 Å². The molecule has 0 aromatic heterocycles. The zero-order valence-electron chi connectivity index (χ0n) is 12.2. The number of morpholine rings is 1. The van der Waals surface area contributed by atoms with Crippen LogP contribution in [0.5, 0.6) is 0 Å². The quantitative estimate of drug-likeness (QED) is 0.698. The van der Waals surface area contributed by atoms with E-state index in [1.54, 1.807) is 0 Å². The Morgan fingerprint density at radius 3 is 3.05 bits per heavy atom. The minimum Gasteiger partial charge on any atom is -0.390 e. The fourth-order valence-electron chi connectivity index (χ4n) is 2.42. The standard InChI is InChI=1S/C13H24N4O3/c1-13(2)9-17(5-6-19-13)4-3-15-12(18)11-7-10(8-14)20-16-11/h10H,3-9,14H2,1-2H3,(H,15,18). The molecule has 0 spiro atoms. The van der Waals surface area contributed by atoms with E-state index in [4.69, 9.17) is 15.3 Å². The summed E-state index contributed by atoms with van der Waals surface area (Å²) in [5.74, 6) is -0.159. The first-order valence-corrected chi connectivity index (χ1v) is 7.07. The van der Waals surface area contributed by atoms with E-state index >= 15 is 0 Å². The highest BCUT2D eigenvalue weighted by atomic mass is 16.6. The van der Waals surface area contributed by atoms with Crippen LogP contribution in [-0.2, 0) is 14.4 Å². The van der Waals surface area contributed by atoms with Crippen molar-refractivity contribution in [2.45, 2.75) is 32.0 Å². The Labute approximate surface area is 119 Å². The highest BCUT2D eigenvalue weighted by molar-refractivity contribution is 6.39. The van der Waals surface area contributed by atoms with Crippen LogP contribution in [0.4, 0.5) is 0 Å². The predicted octanol–water partition coefficient (Wildman–Crippen LogP) is -0.683. The first-order chi connectivity index (χ1) is 9.50. The van der Waals surface area contributed by atoms with Gasteiger partial charge in [-0.3, -0.25) is 9.69 Å². The van der Waals surface area contributed by atoms with Gasteiger partial charge in [-0.2, -0.15) is 0 Å². The SMILES string of the molecule is CC1(C)CN(CCNC(=O)C2=NOC(CN)C2)CCO1. The molecule has 7 nitrogen and oxygen atoms in total. The number of carbonyl (C=O) groups is 1. The number of nitrogens with zero attached hydrogens (tertiary/aromatic N) is 2. The fourth-order valence-corrected chi connectivity index (χ4v) is 2.42. The van der Waals surface area contributed by atoms with Crippen LogP contribution in [0.2, 0.25) is 0 Å². The van der Waals surface area contributed by atoms with Crippen LogP contribution in [0.1, 0.15) is 20.3 Å². The fraction of sp³-hybridized carbons (Fsp3) is 0.846. The molecule has 1 amide bonds. The van der Waals surface area contributed by atoms with Crippen molar-refractivity contribution in [3.05, 3.63) is 0 Å². The van der Waals surface area contributed by atoms with E-state index < -0.39 is 0 Å². The van der Waals surface area contributed by atoms with E-state index in [1.807, 2.05) is 0 Å². The predicted molar refractivity (Wildman–Crippen MR) is 75.5 cm³/mol. The molecule has 3 N–H and O–H groups in total. The van der Waals surface area contributed by atoms with E-state index in [-0.39, 0.29) is 17.6 Å². The largest absolute Gasteiger partial charge is 0.390 e. The Kier molecular flexibility index (Phi) is 4.95. The third kappa shape index (κ3) is 4.16. The van der Waals surface area contributed by atoms with Gasteiger partial charge in [-0.25, -0.2) is 0 Å². The van der Waals surface area contributed by atoms with Crippen LogP contribution in [0.15, 0.2) is 5.16 Å². The molecule has 1 atom stereocenters. The summed E-state index contributed by atoms with van der Waals surface area (Å²) in [5.41, 5.74) is 5.79. The normalized spacial score (nSPS) is 25.9. The summed E-state index contributed by atoms with van der Waals surface area (Å²) >= 11 is 0. The van der Waals surface area contributed by atoms with Gasteiger partial charge < -0.3 is 20.6 Å². The second-order valence-corrected chi connectivity index (χ2v) is 5.85. The van der Waals surface area contributed by atoms with Gasteiger partial charge in [0.1, 0.15) is 11.8 Å². The van der Waals surface area contributed by atoms with E-state index in [9.17, 15) is 4.79 Å². The lowest BCUT2D eigenvalue weighted by atomic mass is 10.1. The number of ether oxygens (including phenoxy) is 1. The average Bonchev–Trinajstić information content (AvgIpc) is 2.86. The lowest BCUT2D eigenvalue weighted by molar-refractivity contribution is -0.115. The van der Waals surface area contributed by atoms with Gasteiger partial charge in [-0.05, 0) is 13.8 Å². The Bertz CT molecular complexity index is 384. The lowest BCUT2D eigenvalue weighted by Crippen LogP contribution is -2.50. The molecule has 0 saturated carbocycles. The minimum absolute atomic E-state index is 0.111. The number of amides is 1. The third-order valence-corrected chi connectivity index (χ3v) is 3.48. The maximum absolute atomic E-state index is 11.9. The first-order valence-electron chi connectivity index (χ1n) is 7.07. The molecule has 2 heterocycles. The molecular formula is C13H24N4O3. The zero-order valence-corrected chi connectivity index (χ0v) is 12.2. The van der Waals surface area contributed by atoms with Crippen LogP contribution in [0, 0.1) is 0 Å². The zero-order chi connectivity index (χ0) is 14.6. The monoisotopic (exact) mass is 284 g/mol. The molecular weight excluding hydrogens is 260 g/mol. The van der Waals surface area contributed by atoms with Gasteiger partial charge in [-0.15, -0.1) is 0 Å². The summed E-state index contributed by atoms with van der Waals surface area (Å²) in [6.45, 7) is 8.46. The van der Waals surface area contributed by atoms with Crippen molar-refractivity contribution in [3.63, 3.8) is 0 Å². The molecule has 0 aromatic carbocycles. The molecule has 7 heteroatoms. The third-order valence-electron chi connectivity index (χ3n) is 3.48. The number of hydrogen-bond donors (Lipinski definition) is 2. The van der Waals surface area contributed by atoms with Crippen LogP contribution in [-0.4, -0.2) is 67.6 Å². The highest BCUT2D eigenvalue weighted by Crippen LogP contribution is 2.15. The van der Waals surface area contributed by atoms with Gasteiger partial charge in [0, 0.05) is 39.1 Å². The Morgan fingerprint density at radius 1 is 1.60 bits per heavy atom. The molecule has 1 unspecified atom stereocenters.